The fourth-order valence-electron chi connectivity index (χ4n) is 1.52. The summed E-state index contributed by atoms with van der Waals surface area (Å²) in [6, 6.07) is 7.08. The Bertz CT molecular complexity index is 292. The van der Waals surface area contributed by atoms with E-state index in [9.17, 15) is 4.39 Å². The summed E-state index contributed by atoms with van der Waals surface area (Å²) in [5.74, 6) is -0.0607. The number of alkyl halides is 1. The van der Waals surface area contributed by atoms with Gasteiger partial charge in [-0.1, -0.05) is 34.1 Å². The van der Waals surface area contributed by atoms with Gasteiger partial charge >= 0.3 is 0 Å². The first-order chi connectivity index (χ1) is 5.78. The van der Waals surface area contributed by atoms with Crippen molar-refractivity contribution in [2.75, 3.05) is 5.33 Å². The SMILES string of the molecule is Fc1ccccc1C1(CBr)CC1. The molecule has 2 rings (SSSR count). The van der Waals surface area contributed by atoms with Crippen LogP contribution >= 0.6 is 15.9 Å². The molecule has 1 aliphatic rings. The summed E-state index contributed by atoms with van der Waals surface area (Å²) in [7, 11) is 0. The van der Waals surface area contributed by atoms with Gasteiger partial charge in [0, 0.05) is 10.7 Å². The van der Waals surface area contributed by atoms with Gasteiger partial charge in [0.1, 0.15) is 5.82 Å². The van der Waals surface area contributed by atoms with Crippen LogP contribution in [-0.4, -0.2) is 5.33 Å². The van der Waals surface area contributed by atoms with E-state index in [1.807, 2.05) is 12.1 Å². The van der Waals surface area contributed by atoms with E-state index in [1.54, 1.807) is 6.07 Å². The molecule has 0 aliphatic heterocycles. The Morgan fingerprint density at radius 2 is 2.00 bits per heavy atom. The van der Waals surface area contributed by atoms with Crippen molar-refractivity contribution in [3.63, 3.8) is 0 Å². The van der Waals surface area contributed by atoms with Crippen LogP contribution in [0.1, 0.15) is 18.4 Å². The van der Waals surface area contributed by atoms with Crippen LogP contribution in [0.25, 0.3) is 0 Å². The zero-order valence-corrected chi connectivity index (χ0v) is 8.27. The maximum atomic E-state index is 13.3. The molecule has 2 heteroatoms. The molecule has 0 spiro atoms. The lowest BCUT2D eigenvalue weighted by Crippen LogP contribution is -2.09. The molecule has 1 aromatic rings. The van der Waals surface area contributed by atoms with Crippen molar-refractivity contribution in [3.8, 4) is 0 Å². The molecular weight excluding hydrogens is 219 g/mol. The van der Waals surface area contributed by atoms with Crippen LogP contribution in [0.3, 0.4) is 0 Å². The molecule has 0 radical (unpaired) electrons. The second-order valence-electron chi connectivity index (χ2n) is 3.39. The molecular formula is C10H10BrF. The summed E-state index contributed by atoms with van der Waals surface area (Å²) in [6.45, 7) is 0. The van der Waals surface area contributed by atoms with Gasteiger partial charge < -0.3 is 0 Å². The normalized spacial score (nSPS) is 19.2. The van der Waals surface area contributed by atoms with Gasteiger partial charge in [0.05, 0.1) is 0 Å². The summed E-state index contributed by atoms with van der Waals surface area (Å²) in [5, 5.41) is 0.876. The highest BCUT2D eigenvalue weighted by Crippen LogP contribution is 2.50. The van der Waals surface area contributed by atoms with Gasteiger partial charge in [-0.25, -0.2) is 4.39 Å². The van der Waals surface area contributed by atoms with E-state index in [0.29, 0.717) is 0 Å². The van der Waals surface area contributed by atoms with Gasteiger partial charge in [0.2, 0.25) is 0 Å². The Morgan fingerprint density at radius 1 is 1.33 bits per heavy atom. The Hall–Kier alpha value is -0.370. The molecule has 0 amide bonds. The predicted molar refractivity (Wildman–Crippen MR) is 51.1 cm³/mol. The smallest absolute Gasteiger partial charge is 0.126 e. The van der Waals surface area contributed by atoms with Crippen LogP contribution in [0.2, 0.25) is 0 Å². The first kappa shape index (κ1) is 8.24. The molecule has 0 nitrogen and oxygen atoms in total. The van der Waals surface area contributed by atoms with Gasteiger partial charge in [0.25, 0.3) is 0 Å². The molecule has 0 saturated heterocycles. The number of hydrogen-bond donors (Lipinski definition) is 0. The highest BCUT2D eigenvalue weighted by Gasteiger charge is 2.44. The Balaban J connectivity index is 2.40. The van der Waals surface area contributed by atoms with E-state index in [1.165, 1.54) is 6.07 Å². The van der Waals surface area contributed by atoms with Crippen molar-refractivity contribution in [3.05, 3.63) is 35.6 Å². The van der Waals surface area contributed by atoms with Crippen LogP contribution in [-0.2, 0) is 5.41 Å². The van der Waals surface area contributed by atoms with Gasteiger partial charge in [-0.15, -0.1) is 0 Å². The molecule has 1 fully saturated rings. The third-order valence-electron chi connectivity index (χ3n) is 2.55. The van der Waals surface area contributed by atoms with Crippen LogP contribution in [0.5, 0.6) is 0 Å². The van der Waals surface area contributed by atoms with Gasteiger partial charge in [-0.3, -0.25) is 0 Å². The predicted octanol–water partition coefficient (Wildman–Crippen LogP) is 3.25. The average Bonchev–Trinajstić information content (AvgIpc) is 2.86. The van der Waals surface area contributed by atoms with Crippen LogP contribution in [0, 0.1) is 5.82 Å². The molecule has 0 aromatic heterocycles. The number of halogens is 2. The summed E-state index contributed by atoms with van der Waals surface area (Å²) in [6.07, 6.45) is 2.22. The van der Waals surface area contributed by atoms with E-state index in [0.717, 1.165) is 23.7 Å². The lowest BCUT2D eigenvalue weighted by atomic mass is 9.98. The topological polar surface area (TPSA) is 0 Å². The largest absolute Gasteiger partial charge is 0.207 e. The molecule has 0 N–H and O–H groups in total. The van der Waals surface area contributed by atoms with Crippen LogP contribution in [0.15, 0.2) is 24.3 Å². The molecule has 1 saturated carbocycles. The quantitative estimate of drug-likeness (QED) is 0.683. The first-order valence-corrected chi connectivity index (χ1v) is 5.22. The van der Waals surface area contributed by atoms with Gasteiger partial charge in [-0.05, 0) is 24.5 Å². The molecule has 1 aliphatic carbocycles. The van der Waals surface area contributed by atoms with Crippen molar-refractivity contribution in [1.29, 1.82) is 0 Å². The van der Waals surface area contributed by atoms with E-state index in [2.05, 4.69) is 15.9 Å². The van der Waals surface area contributed by atoms with Crippen LogP contribution in [0.4, 0.5) is 4.39 Å². The van der Waals surface area contributed by atoms with E-state index < -0.39 is 0 Å². The summed E-state index contributed by atoms with van der Waals surface area (Å²) < 4.78 is 13.3. The van der Waals surface area contributed by atoms with E-state index >= 15 is 0 Å². The minimum atomic E-state index is -0.0607. The lowest BCUT2D eigenvalue weighted by molar-refractivity contribution is 0.589. The second-order valence-corrected chi connectivity index (χ2v) is 3.95. The van der Waals surface area contributed by atoms with Gasteiger partial charge in [-0.2, -0.15) is 0 Å². The minimum absolute atomic E-state index is 0.0607. The molecule has 0 heterocycles. The Labute approximate surface area is 79.9 Å². The van der Waals surface area contributed by atoms with E-state index in [4.69, 9.17) is 0 Å². The van der Waals surface area contributed by atoms with Crippen molar-refractivity contribution in [1.82, 2.24) is 0 Å². The van der Waals surface area contributed by atoms with E-state index in [-0.39, 0.29) is 11.2 Å². The molecule has 0 bridgehead atoms. The summed E-state index contributed by atoms with van der Waals surface area (Å²) in [4.78, 5) is 0. The number of rotatable bonds is 2. The summed E-state index contributed by atoms with van der Waals surface area (Å²) >= 11 is 3.44. The molecule has 0 unspecified atom stereocenters. The monoisotopic (exact) mass is 228 g/mol. The lowest BCUT2D eigenvalue weighted by Gasteiger charge is -2.11. The molecule has 1 aromatic carbocycles. The van der Waals surface area contributed by atoms with Crippen molar-refractivity contribution >= 4 is 15.9 Å². The highest BCUT2D eigenvalue weighted by molar-refractivity contribution is 9.09. The fraction of sp³-hybridized carbons (Fsp3) is 0.400. The third-order valence-corrected chi connectivity index (χ3v) is 3.63. The zero-order chi connectivity index (χ0) is 8.60. The van der Waals surface area contributed by atoms with Gasteiger partial charge in [0.15, 0.2) is 0 Å². The molecule has 12 heavy (non-hydrogen) atoms. The minimum Gasteiger partial charge on any atom is -0.207 e. The Morgan fingerprint density at radius 3 is 2.50 bits per heavy atom. The average molecular weight is 229 g/mol. The zero-order valence-electron chi connectivity index (χ0n) is 6.69. The standard InChI is InChI=1S/C10H10BrF/c11-7-10(5-6-10)8-3-1-2-4-9(8)12/h1-4H,5-7H2. The van der Waals surface area contributed by atoms with Crippen molar-refractivity contribution < 1.29 is 4.39 Å². The number of benzene rings is 1. The van der Waals surface area contributed by atoms with Crippen molar-refractivity contribution in [2.45, 2.75) is 18.3 Å². The van der Waals surface area contributed by atoms with Crippen molar-refractivity contribution in [2.24, 2.45) is 0 Å². The maximum Gasteiger partial charge on any atom is 0.126 e. The highest BCUT2D eigenvalue weighted by atomic mass is 79.9. The van der Waals surface area contributed by atoms with Crippen LogP contribution < -0.4 is 0 Å². The number of hydrogen-bond acceptors (Lipinski definition) is 0. The first-order valence-electron chi connectivity index (χ1n) is 4.09. The summed E-state index contributed by atoms with van der Waals surface area (Å²) in [5.41, 5.74) is 0.993. The fourth-order valence-corrected chi connectivity index (χ4v) is 2.38. The molecule has 0 atom stereocenters. The molecule has 64 valence electrons. The second kappa shape index (κ2) is 2.84. The third kappa shape index (κ3) is 1.18. The Kier molecular flexibility index (Phi) is 1.95. The maximum absolute atomic E-state index is 13.3.